The number of nitrogens with zero attached hydrogens (tertiary/aromatic N) is 1. The van der Waals surface area contributed by atoms with Crippen LogP contribution in [0.3, 0.4) is 0 Å². The molecule has 0 radical (unpaired) electrons. The van der Waals surface area contributed by atoms with Crippen molar-refractivity contribution in [3.63, 3.8) is 0 Å². The van der Waals surface area contributed by atoms with Gasteiger partial charge in [0.2, 0.25) is 10.0 Å². The van der Waals surface area contributed by atoms with E-state index in [0.29, 0.717) is 32.2 Å². The Hall–Kier alpha value is -0.420. The van der Waals surface area contributed by atoms with Gasteiger partial charge in [0.05, 0.1) is 0 Å². The monoisotopic (exact) mass is 217 g/mol. The van der Waals surface area contributed by atoms with Crippen LogP contribution in [0.1, 0.15) is 32.1 Å². The molecule has 2 aliphatic rings. The lowest BCUT2D eigenvalue weighted by Gasteiger charge is -2.38. The first kappa shape index (κ1) is 10.1. The fourth-order valence-electron chi connectivity index (χ4n) is 2.15. The van der Waals surface area contributed by atoms with Crippen LogP contribution in [0.25, 0.3) is 0 Å². The van der Waals surface area contributed by atoms with Crippen LogP contribution in [-0.2, 0) is 14.8 Å². The van der Waals surface area contributed by atoms with Crippen molar-refractivity contribution in [1.29, 1.82) is 0 Å². The van der Waals surface area contributed by atoms with Gasteiger partial charge in [0.1, 0.15) is 11.0 Å². The summed E-state index contributed by atoms with van der Waals surface area (Å²) in [5.74, 6) is 0. The Labute approximate surface area is 84.3 Å². The largest absolute Gasteiger partial charge is 0.302 e. The van der Waals surface area contributed by atoms with Crippen LogP contribution in [0.2, 0.25) is 0 Å². The van der Waals surface area contributed by atoms with E-state index < -0.39 is 14.8 Å². The topological polar surface area (TPSA) is 54.5 Å². The summed E-state index contributed by atoms with van der Waals surface area (Å²) < 4.78 is 24.6. The van der Waals surface area contributed by atoms with Crippen molar-refractivity contribution in [3.05, 3.63) is 0 Å². The molecule has 4 nitrogen and oxygen atoms in total. The molecule has 0 amide bonds. The van der Waals surface area contributed by atoms with E-state index in [1.165, 1.54) is 4.31 Å². The Balaban J connectivity index is 2.26. The summed E-state index contributed by atoms with van der Waals surface area (Å²) in [7, 11) is -3.35. The highest BCUT2D eigenvalue weighted by Crippen LogP contribution is 2.40. The SMILES string of the molecule is O=CC1(S(=O)(=O)N2CCCC2)CCC1. The zero-order chi connectivity index (χ0) is 10.2. The van der Waals surface area contributed by atoms with Crippen LogP contribution in [0, 0.1) is 0 Å². The van der Waals surface area contributed by atoms with Crippen LogP contribution in [0.4, 0.5) is 0 Å². The Bertz CT molecular complexity index is 326. The molecule has 0 atom stereocenters. The summed E-state index contributed by atoms with van der Waals surface area (Å²) >= 11 is 0. The molecule has 1 saturated carbocycles. The lowest BCUT2D eigenvalue weighted by Crippen LogP contribution is -2.53. The zero-order valence-corrected chi connectivity index (χ0v) is 8.92. The smallest absolute Gasteiger partial charge is 0.226 e. The number of hydrogen-bond acceptors (Lipinski definition) is 3. The molecule has 2 rings (SSSR count). The molecule has 14 heavy (non-hydrogen) atoms. The van der Waals surface area contributed by atoms with E-state index in [-0.39, 0.29) is 0 Å². The molecule has 1 aliphatic heterocycles. The summed E-state index contributed by atoms with van der Waals surface area (Å²) in [6, 6.07) is 0. The summed E-state index contributed by atoms with van der Waals surface area (Å²) in [6.45, 7) is 1.19. The number of carbonyl (C=O) groups excluding carboxylic acids is 1. The molecule has 2 fully saturated rings. The van der Waals surface area contributed by atoms with Gasteiger partial charge in [0, 0.05) is 13.1 Å². The van der Waals surface area contributed by atoms with Crippen LogP contribution < -0.4 is 0 Å². The molecule has 0 spiro atoms. The molecule has 0 aromatic carbocycles. The molecular weight excluding hydrogens is 202 g/mol. The molecule has 5 heteroatoms. The maximum absolute atomic E-state index is 12.1. The van der Waals surface area contributed by atoms with E-state index in [2.05, 4.69) is 0 Å². The zero-order valence-electron chi connectivity index (χ0n) is 8.11. The van der Waals surface area contributed by atoms with Gasteiger partial charge >= 0.3 is 0 Å². The third kappa shape index (κ3) is 1.22. The second kappa shape index (κ2) is 3.31. The van der Waals surface area contributed by atoms with E-state index in [0.717, 1.165) is 19.3 Å². The Morgan fingerprint density at radius 1 is 1.07 bits per heavy atom. The maximum atomic E-state index is 12.1. The van der Waals surface area contributed by atoms with Crippen molar-refractivity contribution in [1.82, 2.24) is 4.31 Å². The van der Waals surface area contributed by atoms with Crippen molar-refractivity contribution in [3.8, 4) is 0 Å². The highest BCUT2D eigenvalue weighted by molar-refractivity contribution is 7.91. The minimum absolute atomic E-state index is 0.509. The highest BCUT2D eigenvalue weighted by atomic mass is 32.2. The molecule has 1 saturated heterocycles. The molecule has 0 aromatic rings. The first-order valence-corrected chi connectivity index (χ1v) is 6.52. The lowest BCUT2D eigenvalue weighted by atomic mass is 9.86. The Morgan fingerprint density at radius 3 is 2.00 bits per heavy atom. The summed E-state index contributed by atoms with van der Waals surface area (Å²) in [6.07, 6.45) is 4.36. The van der Waals surface area contributed by atoms with Gasteiger partial charge in [-0.2, -0.15) is 0 Å². The first-order valence-electron chi connectivity index (χ1n) is 5.08. The Kier molecular flexibility index (Phi) is 2.39. The molecule has 0 unspecified atom stereocenters. The van der Waals surface area contributed by atoms with Crippen molar-refractivity contribution < 1.29 is 13.2 Å². The van der Waals surface area contributed by atoms with Crippen LogP contribution in [-0.4, -0.2) is 36.8 Å². The average Bonchev–Trinajstić information content (AvgIpc) is 2.53. The van der Waals surface area contributed by atoms with Crippen molar-refractivity contribution >= 4 is 16.3 Å². The fraction of sp³-hybridized carbons (Fsp3) is 0.889. The first-order chi connectivity index (χ1) is 6.62. The van der Waals surface area contributed by atoms with Gasteiger partial charge in [-0.1, -0.05) is 0 Å². The minimum Gasteiger partial charge on any atom is -0.302 e. The van der Waals surface area contributed by atoms with Gasteiger partial charge in [-0.15, -0.1) is 0 Å². The fourth-order valence-corrected chi connectivity index (χ4v) is 4.33. The van der Waals surface area contributed by atoms with Crippen molar-refractivity contribution in [2.75, 3.05) is 13.1 Å². The van der Waals surface area contributed by atoms with Gasteiger partial charge in [0.25, 0.3) is 0 Å². The summed E-state index contributed by atoms with van der Waals surface area (Å²) in [5, 5.41) is 0. The van der Waals surface area contributed by atoms with E-state index in [4.69, 9.17) is 0 Å². The quantitative estimate of drug-likeness (QED) is 0.648. The van der Waals surface area contributed by atoms with Gasteiger partial charge in [-0.05, 0) is 32.1 Å². The predicted octanol–water partition coefficient (Wildman–Crippen LogP) is 0.534. The Morgan fingerprint density at radius 2 is 1.64 bits per heavy atom. The number of carbonyl (C=O) groups is 1. The van der Waals surface area contributed by atoms with Crippen LogP contribution >= 0.6 is 0 Å². The van der Waals surface area contributed by atoms with Crippen molar-refractivity contribution in [2.45, 2.75) is 36.9 Å². The molecule has 1 aliphatic carbocycles. The number of hydrogen-bond donors (Lipinski definition) is 0. The highest BCUT2D eigenvalue weighted by Gasteiger charge is 2.52. The number of sulfonamides is 1. The van der Waals surface area contributed by atoms with Gasteiger partial charge in [-0.25, -0.2) is 12.7 Å². The van der Waals surface area contributed by atoms with E-state index in [9.17, 15) is 13.2 Å². The second-order valence-corrected chi connectivity index (χ2v) is 6.43. The molecular formula is C9H15NO3S. The third-order valence-corrected chi connectivity index (χ3v) is 5.91. The molecule has 0 N–H and O–H groups in total. The van der Waals surface area contributed by atoms with Gasteiger partial charge in [0.15, 0.2) is 0 Å². The predicted molar refractivity (Wildman–Crippen MR) is 52.4 cm³/mol. The molecule has 0 aromatic heterocycles. The molecule has 80 valence electrons. The number of rotatable bonds is 3. The van der Waals surface area contributed by atoms with Crippen LogP contribution in [0.15, 0.2) is 0 Å². The van der Waals surface area contributed by atoms with Gasteiger partial charge in [-0.3, -0.25) is 0 Å². The summed E-state index contributed by atoms with van der Waals surface area (Å²) in [4.78, 5) is 10.9. The minimum atomic E-state index is -3.35. The average molecular weight is 217 g/mol. The maximum Gasteiger partial charge on any atom is 0.226 e. The molecule has 1 heterocycles. The third-order valence-electron chi connectivity index (χ3n) is 3.33. The van der Waals surface area contributed by atoms with E-state index in [1.54, 1.807) is 0 Å². The van der Waals surface area contributed by atoms with Crippen LogP contribution in [0.5, 0.6) is 0 Å². The molecule has 0 bridgehead atoms. The second-order valence-electron chi connectivity index (χ2n) is 4.15. The number of aldehydes is 1. The summed E-state index contributed by atoms with van der Waals surface area (Å²) in [5.41, 5.74) is 0. The normalized spacial score (nSPS) is 27.1. The van der Waals surface area contributed by atoms with Crippen molar-refractivity contribution in [2.24, 2.45) is 0 Å². The van der Waals surface area contributed by atoms with Gasteiger partial charge < -0.3 is 4.79 Å². The standard InChI is InChI=1S/C9H15NO3S/c11-8-9(4-3-5-9)14(12,13)10-6-1-2-7-10/h8H,1-7H2. The lowest BCUT2D eigenvalue weighted by molar-refractivity contribution is -0.111. The van der Waals surface area contributed by atoms with E-state index >= 15 is 0 Å². The van der Waals surface area contributed by atoms with E-state index in [1.807, 2.05) is 0 Å².